The predicted octanol–water partition coefficient (Wildman–Crippen LogP) is 4.71. The van der Waals surface area contributed by atoms with E-state index in [1.165, 1.54) is 0 Å². The third kappa shape index (κ3) is 2.80. The first-order chi connectivity index (χ1) is 10.0. The summed E-state index contributed by atoms with van der Waals surface area (Å²) in [6.45, 7) is 2.02. The number of nitrogens with zero attached hydrogens (tertiary/aromatic N) is 2. The number of anilines is 1. The van der Waals surface area contributed by atoms with Crippen LogP contribution < -0.4 is 5.73 Å². The Labute approximate surface area is 135 Å². The van der Waals surface area contributed by atoms with Gasteiger partial charge >= 0.3 is 0 Å². The van der Waals surface area contributed by atoms with Gasteiger partial charge in [-0.15, -0.1) is 0 Å². The number of nitrogen functional groups attached to an aromatic ring is 1. The van der Waals surface area contributed by atoms with Crippen LogP contribution in [0.3, 0.4) is 0 Å². The SMILES string of the molecule is Cc1ccc(-c2noc(-c3cc(Cl)ccc3N)n2)cc1Br. The van der Waals surface area contributed by atoms with Crippen molar-refractivity contribution in [3.05, 3.63) is 51.5 Å². The zero-order valence-corrected chi connectivity index (χ0v) is 13.4. The summed E-state index contributed by atoms with van der Waals surface area (Å²) in [7, 11) is 0. The average molecular weight is 365 g/mol. The fourth-order valence-corrected chi connectivity index (χ4v) is 2.45. The largest absolute Gasteiger partial charge is 0.398 e. The van der Waals surface area contributed by atoms with Crippen molar-refractivity contribution in [2.45, 2.75) is 6.92 Å². The summed E-state index contributed by atoms with van der Waals surface area (Å²) in [6.07, 6.45) is 0. The summed E-state index contributed by atoms with van der Waals surface area (Å²) in [5.74, 6) is 0.853. The lowest BCUT2D eigenvalue weighted by Gasteiger charge is -2.00. The van der Waals surface area contributed by atoms with E-state index in [9.17, 15) is 0 Å². The molecule has 2 aromatic carbocycles. The van der Waals surface area contributed by atoms with Crippen LogP contribution in [0.2, 0.25) is 5.02 Å². The lowest BCUT2D eigenvalue weighted by atomic mass is 10.1. The minimum Gasteiger partial charge on any atom is -0.398 e. The molecule has 0 bridgehead atoms. The Morgan fingerprint density at radius 2 is 2.00 bits per heavy atom. The Bertz CT molecular complexity index is 816. The topological polar surface area (TPSA) is 64.9 Å². The summed E-state index contributed by atoms with van der Waals surface area (Å²) < 4.78 is 6.29. The lowest BCUT2D eigenvalue weighted by molar-refractivity contribution is 0.432. The van der Waals surface area contributed by atoms with Crippen LogP contribution in [0.15, 0.2) is 45.4 Å². The minimum absolute atomic E-state index is 0.349. The van der Waals surface area contributed by atoms with E-state index in [0.717, 1.165) is 15.6 Å². The van der Waals surface area contributed by atoms with Crippen molar-refractivity contribution in [2.24, 2.45) is 0 Å². The van der Waals surface area contributed by atoms with E-state index in [1.807, 2.05) is 25.1 Å². The molecular formula is C15H11BrClN3O. The zero-order valence-electron chi connectivity index (χ0n) is 11.1. The van der Waals surface area contributed by atoms with Crippen molar-refractivity contribution in [3.63, 3.8) is 0 Å². The van der Waals surface area contributed by atoms with Crippen molar-refractivity contribution < 1.29 is 4.52 Å². The van der Waals surface area contributed by atoms with Crippen molar-refractivity contribution >= 4 is 33.2 Å². The Hall–Kier alpha value is -1.85. The molecule has 6 heteroatoms. The number of rotatable bonds is 2. The molecule has 0 amide bonds. The van der Waals surface area contributed by atoms with Crippen LogP contribution in [0.1, 0.15) is 5.56 Å². The van der Waals surface area contributed by atoms with Gasteiger partial charge in [-0.1, -0.05) is 44.8 Å². The van der Waals surface area contributed by atoms with E-state index in [-0.39, 0.29) is 0 Å². The summed E-state index contributed by atoms with van der Waals surface area (Å²) in [6, 6.07) is 11.0. The molecule has 0 saturated heterocycles. The number of benzene rings is 2. The van der Waals surface area contributed by atoms with Gasteiger partial charge in [0.15, 0.2) is 0 Å². The first-order valence-corrected chi connectivity index (χ1v) is 7.37. The van der Waals surface area contributed by atoms with Gasteiger partial charge in [-0.25, -0.2) is 0 Å². The van der Waals surface area contributed by atoms with E-state index >= 15 is 0 Å². The molecule has 0 atom stereocenters. The maximum absolute atomic E-state index is 5.98. The molecule has 1 heterocycles. The minimum atomic E-state index is 0.349. The number of halogens is 2. The Morgan fingerprint density at radius 1 is 1.19 bits per heavy atom. The van der Waals surface area contributed by atoms with Gasteiger partial charge in [-0.3, -0.25) is 0 Å². The van der Waals surface area contributed by atoms with E-state index in [4.69, 9.17) is 21.9 Å². The molecule has 0 radical (unpaired) electrons. The number of hydrogen-bond acceptors (Lipinski definition) is 4. The number of aromatic nitrogens is 2. The zero-order chi connectivity index (χ0) is 15.0. The van der Waals surface area contributed by atoms with Gasteiger partial charge in [0.2, 0.25) is 5.82 Å². The van der Waals surface area contributed by atoms with Crippen LogP contribution in [0.4, 0.5) is 5.69 Å². The molecule has 0 spiro atoms. The van der Waals surface area contributed by atoms with Crippen LogP contribution in [0, 0.1) is 6.92 Å². The molecule has 3 rings (SSSR count). The van der Waals surface area contributed by atoms with Gasteiger partial charge in [0.05, 0.1) is 5.56 Å². The highest BCUT2D eigenvalue weighted by molar-refractivity contribution is 9.10. The van der Waals surface area contributed by atoms with Crippen molar-refractivity contribution in [3.8, 4) is 22.8 Å². The van der Waals surface area contributed by atoms with Gasteiger partial charge < -0.3 is 10.3 Å². The first-order valence-electron chi connectivity index (χ1n) is 6.20. The molecule has 0 aliphatic rings. The summed E-state index contributed by atoms with van der Waals surface area (Å²) in [5.41, 5.74) is 9.10. The lowest BCUT2D eigenvalue weighted by Crippen LogP contribution is -1.90. The summed E-state index contributed by atoms with van der Waals surface area (Å²) in [4.78, 5) is 4.39. The van der Waals surface area contributed by atoms with Crippen LogP contribution >= 0.6 is 27.5 Å². The van der Waals surface area contributed by atoms with E-state index in [0.29, 0.717) is 28.0 Å². The van der Waals surface area contributed by atoms with Crippen molar-refractivity contribution in [2.75, 3.05) is 5.73 Å². The molecule has 1 aromatic heterocycles. The van der Waals surface area contributed by atoms with Gasteiger partial charge in [-0.05, 0) is 36.8 Å². The van der Waals surface area contributed by atoms with Gasteiger partial charge in [0.25, 0.3) is 5.89 Å². The molecule has 0 aliphatic heterocycles. The fourth-order valence-electron chi connectivity index (χ4n) is 1.90. The van der Waals surface area contributed by atoms with Crippen LogP contribution in [-0.2, 0) is 0 Å². The normalized spacial score (nSPS) is 10.8. The van der Waals surface area contributed by atoms with Crippen LogP contribution in [0.5, 0.6) is 0 Å². The molecule has 106 valence electrons. The van der Waals surface area contributed by atoms with Gasteiger partial charge in [-0.2, -0.15) is 4.98 Å². The van der Waals surface area contributed by atoms with Crippen molar-refractivity contribution in [1.29, 1.82) is 0 Å². The molecule has 0 unspecified atom stereocenters. The predicted molar refractivity (Wildman–Crippen MR) is 87.0 cm³/mol. The second-order valence-corrected chi connectivity index (χ2v) is 5.91. The van der Waals surface area contributed by atoms with Crippen LogP contribution in [0.25, 0.3) is 22.8 Å². The highest BCUT2D eigenvalue weighted by atomic mass is 79.9. The van der Waals surface area contributed by atoms with E-state index in [2.05, 4.69) is 26.1 Å². The fraction of sp³-hybridized carbons (Fsp3) is 0.0667. The Balaban J connectivity index is 2.03. The summed E-state index contributed by atoms with van der Waals surface area (Å²) in [5, 5.41) is 4.57. The smallest absolute Gasteiger partial charge is 0.260 e. The first kappa shape index (κ1) is 14.1. The molecule has 2 N–H and O–H groups in total. The molecule has 21 heavy (non-hydrogen) atoms. The molecule has 3 aromatic rings. The number of hydrogen-bond donors (Lipinski definition) is 1. The van der Waals surface area contributed by atoms with Gasteiger partial charge in [0.1, 0.15) is 0 Å². The molecule has 0 saturated carbocycles. The number of aryl methyl sites for hydroxylation is 1. The molecule has 0 fully saturated rings. The highest BCUT2D eigenvalue weighted by Crippen LogP contribution is 2.30. The average Bonchev–Trinajstić information content (AvgIpc) is 2.94. The standard InChI is InChI=1S/C15H11BrClN3O/c1-8-2-3-9(6-12(8)16)14-19-15(21-20-14)11-7-10(17)4-5-13(11)18/h2-7H,18H2,1H3. The maximum atomic E-state index is 5.98. The molecular weight excluding hydrogens is 354 g/mol. The third-order valence-corrected chi connectivity index (χ3v) is 4.19. The molecule has 0 aliphatic carbocycles. The Kier molecular flexibility index (Phi) is 3.69. The van der Waals surface area contributed by atoms with E-state index in [1.54, 1.807) is 18.2 Å². The maximum Gasteiger partial charge on any atom is 0.260 e. The quantitative estimate of drug-likeness (QED) is 0.669. The number of nitrogens with two attached hydrogens (primary N) is 1. The molecule has 4 nitrogen and oxygen atoms in total. The van der Waals surface area contributed by atoms with Crippen LogP contribution in [-0.4, -0.2) is 10.1 Å². The highest BCUT2D eigenvalue weighted by Gasteiger charge is 2.14. The second kappa shape index (κ2) is 5.50. The van der Waals surface area contributed by atoms with Gasteiger partial charge in [0, 0.05) is 20.7 Å². The van der Waals surface area contributed by atoms with Crippen molar-refractivity contribution in [1.82, 2.24) is 10.1 Å². The Morgan fingerprint density at radius 3 is 2.76 bits per heavy atom. The van der Waals surface area contributed by atoms with E-state index < -0.39 is 0 Å². The summed E-state index contributed by atoms with van der Waals surface area (Å²) >= 11 is 9.47. The third-order valence-electron chi connectivity index (χ3n) is 3.10. The monoisotopic (exact) mass is 363 g/mol. The second-order valence-electron chi connectivity index (χ2n) is 4.62.